The van der Waals surface area contributed by atoms with Crippen molar-refractivity contribution in [3.05, 3.63) is 22.7 Å². The van der Waals surface area contributed by atoms with Crippen LogP contribution in [0.15, 0.2) is 17.1 Å². The number of aromatic nitrogens is 2. The SMILES string of the molecule is C[C@@]1(Cl)[C@@H]2O[P@](=O)(OCCCC(=O)OC3CCCC3)OC[C@H]2O[C@H]1n1ccc(N)nc1=O. The fourth-order valence-electron chi connectivity index (χ4n) is 4.16. The summed E-state index contributed by atoms with van der Waals surface area (Å²) >= 11 is 6.70. The van der Waals surface area contributed by atoms with E-state index in [4.69, 9.17) is 40.4 Å². The number of esters is 1. The molecule has 0 bridgehead atoms. The highest BCUT2D eigenvalue weighted by Crippen LogP contribution is 2.60. The molecule has 1 aliphatic carbocycles. The molecule has 5 atom stereocenters. The van der Waals surface area contributed by atoms with E-state index in [2.05, 4.69) is 4.98 Å². The van der Waals surface area contributed by atoms with Crippen molar-refractivity contribution in [3.63, 3.8) is 0 Å². The van der Waals surface area contributed by atoms with Gasteiger partial charge in [0, 0.05) is 12.6 Å². The molecule has 1 aromatic rings. The Balaban J connectivity index is 1.32. The lowest BCUT2D eigenvalue weighted by Gasteiger charge is -2.34. The molecule has 3 aliphatic rings. The Morgan fingerprint density at radius 3 is 2.91 bits per heavy atom. The number of nitrogen functional groups attached to an aromatic ring is 1. The van der Waals surface area contributed by atoms with E-state index in [9.17, 15) is 14.2 Å². The maximum Gasteiger partial charge on any atom is 0.475 e. The molecule has 2 N–H and O–H groups in total. The average molecular weight is 492 g/mol. The standard InChI is InChI=1S/C19H27ClN3O8P/c1-19(20)16-13(30-17(19)23-9-8-14(21)22-18(23)25)11-28-32(26,31-16)27-10-4-7-15(24)29-12-5-2-3-6-12/h8-9,12-13,16-17H,2-7,10-11H2,1H3,(H2,21,22,25)/t13-,16-,17-,19-,32-/m1/s1. The lowest BCUT2D eigenvalue weighted by Crippen LogP contribution is -2.45. The van der Waals surface area contributed by atoms with Gasteiger partial charge in [-0.2, -0.15) is 4.98 Å². The van der Waals surface area contributed by atoms with Gasteiger partial charge < -0.3 is 15.2 Å². The number of carbonyl (C=O) groups is 1. The number of anilines is 1. The second-order valence-corrected chi connectivity index (χ2v) is 10.8. The van der Waals surface area contributed by atoms with Crippen LogP contribution in [0.3, 0.4) is 0 Å². The number of ether oxygens (including phenoxy) is 2. The van der Waals surface area contributed by atoms with Crippen molar-refractivity contribution in [2.45, 2.75) is 74.9 Å². The summed E-state index contributed by atoms with van der Waals surface area (Å²) in [6, 6.07) is 1.45. The summed E-state index contributed by atoms with van der Waals surface area (Å²) in [6.45, 7) is 1.50. The highest BCUT2D eigenvalue weighted by atomic mass is 35.5. The molecule has 4 rings (SSSR count). The molecule has 1 aromatic heterocycles. The van der Waals surface area contributed by atoms with Crippen LogP contribution in [-0.2, 0) is 32.4 Å². The second kappa shape index (κ2) is 9.40. The van der Waals surface area contributed by atoms with E-state index < -0.39 is 36.8 Å². The van der Waals surface area contributed by atoms with E-state index in [0.29, 0.717) is 6.42 Å². The van der Waals surface area contributed by atoms with Gasteiger partial charge in [-0.1, -0.05) is 0 Å². The van der Waals surface area contributed by atoms with Crippen molar-refractivity contribution in [2.75, 3.05) is 18.9 Å². The number of phosphoric acid groups is 1. The average Bonchev–Trinajstić information content (AvgIpc) is 3.32. The zero-order valence-electron chi connectivity index (χ0n) is 17.7. The molecule has 178 valence electrons. The van der Waals surface area contributed by atoms with Gasteiger partial charge in [-0.3, -0.25) is 22.9 Å². The molecular weight excluding hydrogens is 465 g/mol. The van der Waals surface area contributed by atoms with Crippen LogP contribution in [0.2, 0.25) is 0 Å². The largest absolute Gasteiger partial charge is 0.475 e. The number of alkyl halides is 1. The van der Waals surface area contributed by atoms with Crippen LogP contribution >= 0.6 is 19.4 Å². The smallest absolute Gasteiger partial charge is 0.462 e. The van der Waals surface area contributed by atoms with Crippen molar-refractivity contribution >= 4 is 31.2 Å². The second-order valence-electron chi connectivity index (χ2n) is 8.32. The van der Waals surface area contributed by atoms with E-state index in [0.717, 1.165) is 25.7 Å². The Morgan fingerprint density at radius 1 is 1.44 bits per heavy atom. The third kappa shape index (κ3) is 5.03. The summed E-state index contributed by atoms with van der Waals surface area (Å²) in [5, 5.41) is 0. The summed E-state index contributed by atoms with van der Waals surface area (Å²) in [6.07, 6.45) is 3.36. The number of halogens is 1. The lowest BCUT2D eigenvalue weighted by molar-refractivity contribution is -0.149. The highest BCUT2D eigenvalue weighted by molar-refractivity contribution is 7.48. The number of phosphoric ester groups is 1. The van der Waals surface area contributed by atoms with E-state index in [1.54, 1.807) is 6.92 Å². The Hall–Kier alpha value is -1.49. The first-order valence-electron chi connectivity index (χ1n) is 10.6. The van der Waals surface area contributed by atoms with Gasteiger partial charge in [0.2, 0.25) is 0 Å². The van der Waals surface area contributed by atoms with Gasteiger partial charge in [-0.05, 0) is 45.1 Å². The minimum atomic E-state index is -3.93. The number of rotatable bonds is 7. The third-order valence-electron chi connectivity index (χ3n) is 5.80. The molecule has 0 spiro atoms. The summed E-state index contributed by atoms with van der Waals surface area (Å²) < 4.78 is 41.7. The van der Waals surface area contributed by atoms with Crippen LogP contribution in [0.4, 0.5) is 5.82 Å². The number of nitrogens with zero attached hydrogens (tertiary/aromatic N) is 2. The Bertz CT molecular complexity index is 951. The van der Waals surface area contributed by atoms with Crippen molar-refractivity contribution in [3.8, 4) is 0 Å². The molecule has 0 amide bonds. The zero-order valence-corrected chi connectivity index (χ0v) is 19.3. The first-order chi connectivity index (χ1) is 15.2. The number of carbonyl (C=O) groups excluding carboxylic acids is 1. The molecule has 0 aromatic carbocycles. The van der Waals surface area contributed by atoms with Crippen LogP contribution < -0.4 is 11.4 Å². The molecule has 1 saturated carbocycles. The fraction of sp³-hybridized carbons (Fsp3) is 0.737. The predicted molar refractivity (Wildman–Crippen MR) is 113 cm³/mol. The molecule has 0 unspecified atom stereocenters. The fourth-order valence-corrected chi connectivity index (χ4v) is 6.07. The van der Waals surface area contributed by atoms with Crippen LogP contribution in [0.25, 0.3) is 0 Å². The molecular formula is C19H27ClN3O8P. The Labute approximate surface area is 190 Å². The summed E-state index contributed by atoms with van der Waals surface area (Å²) in [7, 11) is -3.93. The summed E-state index contributed by atoms with van der Waals surface area (Å²) in [4.78, 5) is 26.5. The first-order valence-corrected chi connectivity index (χ1v) is 12.5. The van der Waals surface area contributed by atoms with E-state index in [1.807, 2.05) is 0 Å². The van der Waals surface area contributed by atoms with Crippen molar-refractivity contribution in [1.29, 1.82) is 0 Å². The van der Waals surface area contributed by atoms with Crippen LogP contribution in [0, 0.1) is 0 Å². The number of hydrogen-bond donors (Lipinski definition) is 1. The van der Waals surface area contributed by atoms with Crippen molar-refractivity contribution in [1.82, 2.24) is 9.55 Å². The molecule has 32 heavy (non-hydrogen) atoms. The van der Waals surface area contributed by atoms with Gasteiger partial charge in [-0.25, -0.2) is 9.36 Å². The maximum absolute atomic E-state index is 12.9. The quantitative estimate of drug-likeness (QED) is 0.261. The van der Waals surface area contributed by atoms with E-state index >= 15 is 0 Å². The van der Waals surface area contributed by atoms with Crippen LogP contribution in [-0.4, -0.2) is 51.9 Å². The van der Waals surface area contributed by atoms with Gasteiger partial charge in [-0.15, -0.1) is 11.6 Å². The highest BCUT2D eigenvalue weighted by Gasteiger charge is 2.60. The van der Waals surface area contributed by atoms with E-state index in [-0.39, 0.29) is 37.5 Å². The molecule has 2 aliphatic heterocycles. The van der Waals surface area contributed by atoms with Crippen molar-refractivity contribution < 1.29 is 32.4 Å². The van der Waals surface area contributed by atoms with Gasteiger partial charge in [0.1, 0.15) is 29.0 Å². The molecule has 11 nitrogen and oxygen atoms in total. The van der Waals surface area contributed by atoms with Crippen LogP contribution in [0.5, 0.6) is 0 Å². The predicted octanol–water partition coefficient (Wildman–Crippen LogP) is 2.53. The van der Waals surface area contributed by atoms with Gasteiger partial charge in [0.25, 0.3) is 0 Å². The molecule has 3 heterocycles. The summed E-state index contributed by atoms with van der Waals surface area (Å²) in [5.74, 6) is -0.227. The normalized spacial score (nSPS) is 35.0. The molecule has 2 saturated heterocycles. The third-order valence-corrected chi connectivity index (χ3v) is 7.65. The molecule has 3 fully saturated rings. The van der Waals surface area contributed by atoms with Crippen molar-refractivity contribution in [2.24, 2.45) is 0 Å². The van der Waals surface area contributed by atoms with E-state index in [1.165, 1.54) is 16.8 Å². The van der Waals surface area contributed by atoms with Gasteiger partial charge in [0.15, 0.2) is 6.23 Å². The lowest BCUT2D eigenvalue weighted by atomic mass is 10.0. The number of nitrogens with two attached hydrogens (primary N) is 1. The summed E-state index contributed by atoms with van der Waals surface area (Å²) in [5.41, 5.74) is 4.90. The van der Waals surface area contributed by atoms with Gasteiger partial charge >= 0.3 is 19.5 Å². The minimum absolute atomic E-state index is 0.00388. The van der Waals surface area contributed by atoms with Gasteiger partial charge in [0.05, 0.1) is 13.2 Å². The Kier molecular flexibility index (Phi) is 6.95. The first kappa shape index (κ1) is 23.7. The molecule has 0 radical (unpaired) electrons. The topological polar surface area (TPSA) is 141 Å². The minimum Gasteiger partial charge on any atom is -0.462 e. The maximum atomic E-state index is 12.9. The monoisotopic (exact) mass is 491 g/mol. The zero-order chi connectivity index (χ0) is 22.9. The van der Waals surface area contributed by atoms with Crippen LogP contribution in [0.1, 0.15) is 51.7 Å². The number of fused-ring (bicyclic) bond motifs is 1. The molecule has 13 heteroatoms. The number of hydrogen-bond acceptors (Lipinski definition) is 10. The Morgan fingerprint density at radius 2 is 2.19 bits per heavy atom.